The van der Waals surface area contributed by atoms with E-state index in [1.54, 1.807) is 13.0 Å². The molecule has 19 heavy (non-hydrogen) atoms. The van der Waals surface area contributed by atoms with Crippen molar-refractivity contribution in [1.29, 1.82) is 5.26 Å². The Morgan fingerprint density at radius 1 is 1.47 bits per heavy atom. The van der Waals surface area contributed by atoms with E-state index in [1.165, 1.54) is 0 Å². The summed E-state index contributed by atoms with van der Waals surface area (Å²) in [4.78, 5) is 13.6. The molecular formula is C15H20N2O2. The third-order valence-corrected chi connectivity index (χ3v) is 2.81. The summed E-state index contributed by atoms with van der Waals surface area (Å²) in [6.45, 7) is 8.25. The van der Waals surface area contributed by atoms with Crippen LogP contribution in [0.4, 0.5) is 5.69 Å². The highest BCUT2D eigenvalue weighted by Crippen LogP contribution is 2.23. The Labute approximate surface area is 114 Å². The number of anilines is 1. The van der Waals surface area contributed by atoms with E-state index in [0.717, 1.165) is 11.3 Å². The van der Waals surface area contributed by atoms with Gasteiger partial charge in [-0.2, -0.15) is 5.26 Å². The lowest BCUT2D eigenvalue weighted by atomic mass is 10.1. The first-order chi connectivity index (χ1) is 8.99. The SMILES string of the molecule is CCOC(=O)CN(c1cc(C)ccc1C#N)C(C)C. The van der Waals surface area contributed by atoms with E-state index < -0.39 is 0 Å². The molecule has 1 rings (SSSR count). The maximum atomic E-state index is 11.7. The van der Waals surface area contributed by atoms with E-state index >= 15 is 0 Å². The second kappa shape index (κ2) is 6.79. The molecule has 0 saturated carbocycles. The maximum absolute atomic E-state index is 11.7. The van der Waals surface area contributed by atoms with Crippen LogP contribution in [0.1, 0.15) is 31.9 Å². The summed E-state index contributed by atoms with van der Waals surface area (Å²) < 4.78 is 4.98. The molecule has 0 saturated heterocycles. The maximum Gasteiger partial charge on any atom is 0.325 e. The van der Waals surface area contributed by atoms with Crippen molar-refractivity contribution in [2.75, 3.05) is 18.1 Å². The van der Waals surface area contributed by atoms with E-state index in [0.29, 0.717) is 12.2 Å². The minimum Gasteiger partial charge on any atom is -0.465 e. The molecular weight excluding hydrogens is 240 g/mol. The van der Waals surface area contributed by atoms with Crippen molar-refractivity contribution in [1.82, 2.24) is 0 Å². The zero-order valence-electron chi connectivity index (χ0n) is 11.9. The smallest absolute Gasteiger partial charge is 0.325 e. The minimum absolute atomic E-state index is 0.110. The summed E-state index contributed by atoms with van der Waals surface area (Å²) in [7, 11) is 0. The van der Waals surface area contributed by atoms with Crippen LogP contribution in [-0.2, 0) is 9.53 Å². The zero-order chi connectivity index (χ0) is 14.4. The molecule has 0 N–H and O–H groups in total. The Kier molecular flexibility index (Phi) is 5.37. The van der Waals surface area contributed by atoms with Crippen LogP contribution >= 0.6 is 0 Å². The fourth-order valence-electron chi connectivity index (χ4n) is 1.87. The summed E-state index contributed by atoms with van der Waals surface area (Å²) in [5.74, 6) is -0.276. The Morgan fingerprint density at radius 2 is 2.16 bits per heavy atom. The van der Waals surface area contributed by atoms with Crippen LogP contribution in [-0.4, -0.2) is 25.2 Å². The number of hydrogen-bond donors (Lipinski definition) is 0. The zero-order valence-corrected chi connectivity index (χ0v) is 11.9. The molecule has 0 atom stereocenters. The number of hydrogen-bond acceptors (Lipinski definition) is 4. The minimum atomic E-state index is -0.276. The molecule has 0 bridgehead atoms. The first kappa shape index (κ1) is 15.0. The molecule has 102 valence electrons. The van der Waals surface area contributed by atoms with Crippen LogP contribution < -0.4 is 4.90 Å². The van der Waals surface area contributed by atoms with Gasteiger partial charge in [-0.05, 0) is 45.4 Å². The Morgan fingerprint density at radius 3 is 2.68 bits per heavy atom. The molecule has 0 aliphatic carbocycles. The van der Waals surface area contributed by atoms with E-state index in [4.69, 9.17) is 4.74 Å². The van der Waals surface area contributed by atoms with E-state index in [1.807, 2.05) is 37.8 Å². The van der Waals surface area contributed by atoms with Crippen LogP contribution in [0.15, 0.2) is 18.2 Å². The first-order valence-electron chi connectivity index (χ1n) is 6.42. The Balaban J connectivity index is 3.09. The van der Waals surface area contributed by atoms with Crippen molar-refractivity contribution in [3.8, 4) is 6.07 Å². The summed E-state index contributed by atoms with van der Waals surface area (Å²) in [5, 5.41) is 9.18. The third kappa shape index (κ3) is 3.99. The fourth-order valence-corrected chi connectivity index (χ4v) is 1.87. The predicted octanol–water partition coefficient (Wildman–Crippen LogP) is 2.64. The molecule has 0 amide bonds. The standard InChI is InChI=1S/C15H20N2O2/c1-5-19-15(18)10-17(11(2)3)14-8-12(4)6-7-13(14)9-16/h6-8,11H,5,10H2,1-4H3. The molecule has 0 heterocycles. The molecule has 1 aromatic carbocycles. The summed E-state index contributed by atoms with van der Waals surface area (Å²) in [6.07, 6.45) is 0. The number of esters is 1. The molecule has 1 aromatic rings. The van der Waals surface area contributed by atoms with Crippen molar-refractivity contribution in [3.05, 3.63) is 29.3 Å². The summed E-state index contributed by atoms with van der Waals surface area (Å²) in [6, 6.07) is 7.88. The third-order valence-electron chi connectivity index (χ3n) is 2.81. The molecule has 0 aliphatic rings. The number of rotatable bonds is 5. The van der Waals surface area contributed by atoms with E-state index in [2.05, 4.69) is 6.07 Å². The van der Waals surface area contributed by atoms with Crippen LogP contribution in [0.3, 0.4) is 0 Å². The van der Waals surface area contributed by atoms with Crippen molar-refractivity contribution >= 4 is 11.7 Å². The highest BCUT2D eigenvalue weighted by Gasteiger charge is 2.18. The lowest BCUT2D eigenvalue weighted by Crippen LogP contribution is -2.37. The normalized spacial score (nSPS) is 10.1. The lowest BCUT2D eigenvalue weighted by Gasteiger charge is -2.29. The Bertz CT molecular complexity index is 489. The Hall–Kier alpha value is -2.02. The molecule has 4 nitrogen and oxygen atoms in total. The average Bonchev–Trinajstić information content (AvgIpc) is 2.36. The van der Waals surface area contributed by atoms with Crippen LogP contribution in [0.2, 0.25) is 0 Å². The number of carbonyl (C=O) groups is 1. The van der Waals surface area contributed by atoms with Gasteiger partial charge in [-0.1, -0.05) is 6.07 Å². The van der Waals surface area contributed by atoms with E-state index in [9.17, 15) is 10.1 Å². The van der Waals surface area contributed by atoms with Gasteiger partial charge in [-0.25, -0.2) is 0 Å². The average molecular weight is 260 g/mol. The van der Waals surface area contributed by atoms with Crippen LogP contribution in [0.25, 0.3) is 0 Å². The molecule has 0 unspecified atom stereocenters. The molecule has 0 radical (unpaired) electrons. The highest BCUT2D eigenvalue weighted by atomic mass is 16.5. The van der Waals surface area contributed by atoms with Crippen LogP contribution in [0.5, 0.6) is 0 Å². The van der Waals surface area contributed by atoms with Crippen molar-refractivity contribution in [2.45, 2.75) is 33.7 Å². The monoisotopic (exact) mass is 260 g/mol. The van der Waals surface area contributed by atoms with Gasteiger partial charge in [-0.15, -0.1) is 0 Å². The predicted molar refractivity (Wildman–Crippen MR) is 75.0 cm³/mol. The van der Waals surface area contributed by atoms with Gasteiger partial charge in [0, 0.05) is 6.04 Å². The van der Waals surface area contributed by atoms with Crippen molar-refractivity contribution in [2.24, 2.45) is 0 Å². The number of benzene rings is 1. The van der Waals surface area contributed by atoms with Gasteiger partial charge in [0.25, 0.3) is 0 Å². The first-order valence-corrected chi connectivity index (χ1v) is 6.42. The molecule has 0 spiro atoms. The number of nitrogens with zero attached hydrogens (tertiary/aromatic N) is 2. The van der Waals surface area contributed by atoms with Gasteiger partial charge in [0.1, 0.15) is 12.6 Å². The van der Waals surface area contributed by atoms with Crippen LogP contribution in [0, 0.1) is 18.3 Å². The summed E-state index contributed by atoms with van der Waals surface area (Å²) in [5.41, 5.74) is 2.41. The van der Waals surface area contributed by atoms with Gasteiger partial charge in [0.05, 0.1) is 17.9 Å². The van der Waals surface area contributed by atoms with Gasteiger partial charge in [0.2, 0.25) is 0 Å². The van der Waals surface area contributed by atoms with Crippen molar-refractivity contribution < 1.29 is 9.53 Å². The topological polar surface area (TPSA) is 53.3 Å². The number of ether oxygens (including phenoxy) is 1. The van der Waals surface area contributed by atoms with Crippen molar-refractivity contribution in [3.63, 3.8) is 0 Å². The van der Waals surface area contributed by atoms with Gasteiger partial charge >= 0.3 is 5.97 Å². The summed E-state index contributed by atoms with van der Waals surface area (Å²) >= 11 is 0. The second-order valence-corrected chi connectivity index (χ2v) is 4.66. The molecule has 0 aliphatic heterocycles. The highest BCUT2D eigenvalue weighted by molar-refractivity contribution is 5.77. The number of nitriles is 1. The second-order valence-electron chi connectivity index (χ2n) is 4.66. The van der Waals surface area contributed by atoms with Gasteiger partial charge in [-0.3, -0.25) is 4.79 Å². The van der Waals surface area contributed by atoms with E-state index in [-0.39, 0.29) is 18.6 Å². The quantitative estimate of drug-likeness (QED) is 0.764. The number of carbonyl (C=O) groups excluding carboxylic acids is 1. The van der Waals surface area contributed by atoms with Gasteiger partial charge < -0.3 is 9.64 Å². The molecule has 4 heteroatoms. The molecule has 0 aromatic heterocycles. The fraction of sp³-hybridized carbons (Fsp3) is 0.467. The largest absolute Gasteiger partial charge is 0.465 e. The number of aryl methyl sites for hydroxylation is 1. The molecule has 0 fully saturated rings. The lowest BCUT2D eigenvalue weighted by molar-refractivity contribution is -0.141. The van der Waals surface area contributed by atoms with Gasteiger partial charge in [0.15, 0.2) is 0 Å².